The molecule has 0 bridgehead atoms. The van der Waals surface area contributed by atoms with Gasteiger partial charge in [-0.2, -0.15) is 0 Å². The van der Waals surface area contributed by atoms with Gasteiger partial charge in [0.15, 0.2) is 0 Å². The third-order valence-corrected chi connectivity index (χ3v) is 10.7. The highest BCUT2D eigenvalue weighted by molar-refractivity contribution is 5.86. The molecule has 0 amide bonds. The molecule has 0 fully saturated rings. The average molecular weight is 591 g/mol. The molecule has 0 radical (unpaired) electrons. The zero-order chi connectivity index (χ0) is 30.2. The first-order chi connectivity index (χ1) is 22.8. The van der Waals surface area contributed by atoms with Gasteiger partial charge in [-0.15, -0.1) is 0 Å². The van der Waals surface area contributed by atoms with Crippen LogP contribution in [0.25, 0.3) is 35.0 Å². The van der Waals surface area contributed by atoms with E-state index in [2.05, 4.69) is 161 Å². The molecule has 5 aromatic rings. The molecular weight excluding hydrogens is 556 g/mol. The van der Waals surface area contributed by atoms with Gasteiger partial charge in [0.1, 0.15) is 0 Å². The molecular formula is C44H34N2. The van der Waals surface area contributed by atoms with Gasteiger partial charge in [-0.25, -0.2) is 0 Å². The summed E-state index contributed by atoms with van der Waals surface area (Å²) in [6.07, 6.45) is 24.4. The Hall–Kier alpha value is -5.34. The number of benzene rings is 4. The summed E-state index contributed by atoms with van der Waals surface area (Å²) >= 11 is 0. The minimum Gasteiger partial charge on any atom is -0.313 e. The smallest absolute Gasteiger partial charge is 0.0515 e. The summed E-state index contributed by atoms with van der Waals surface area (Å²) in [4.78, 5) is 2.52. The second kappa shape index (κ2) is 10.1. The van der Waals surface area contributed by atoms with Crippen molar-refractivity contribution in [3.63, 3.8) is 0 Å². The SMILES string of the molecule is C1=CC2C=Cc3c(c4c(n3-c3ccc5c(c3)CCC=C5)C=C3C(C4)c4ccccc4N3c3ccc(-c4ccccc4)cc3)C2C=C1. The number of hydrogen-bond acceptors (Lipinski definition) is 1. The highest BCUT2D eigenvalue weighted by atomic mass is 15.2. The van der Waals surface area contributed by atoms with E-state index in [1.54, 1.807) is 0 Å². The van der Waals surface area contributed by atoms with Gasteiger partial charge in [-0.05, 0) is 101 Å². The van der Waals surface area contributed by atoms with Crippen LogP contribution >= 0.6 is 0 Å². The second-order valence-corrected chi connectivity index (χ2v) is 13.2. The monoisotopic (exact) mass is 590 g/mol. The molecule has 0 saturated heterocycles. The van der Waals surface area contributed by atoms with Crippen LogP contribution in [0.5, 0.6) is 0 Å². The number of rotatable bonds is 3. The van der Waals surface area contributed by atoms with E-state index < -0.39 is 0 Å². The Balaban J connectivity index is 1.17. The molecule has 1 aliphatic heterocycles. The molecule has 0 spiro atoms. The number of nitrogens with zero attached hydrogens (tertiary/aromatic N) is 2. The molecule has 1 aromatic heterocycles. The lowest BCUT2D eigenvalue weighted by atomic mass is 9.75. The highest BCUT2D eigenvalue weighted by Crippen LogP contribution is 2.55. The van der Waals surface area contributed by atoms with E-state index in [0.29, 0.717) is 17.8 Å². The predicted octanol–water partition coefficient (Wildman–Crippen LogP) is 10.8. The Morgan fingerprint density at radius 2 is 1.48 bits per heavy atom. The Morgan fingerprint density at radius 1 is 0.674 bits per heavy atom. The van der Waals surface area contributed by atoms with Gasteiger partial charge in [-0.3, -0.25) is 0 Å². The predicted molar refractivity (Wildman–Crippen MR) is 192 cm³/mol. The Labute approximate surface area is 270 Å². The first kappa shape index (κ1) is 25.9. The Morgan fingerprint density at radius 3 is 2.39 bits per heavy atom. The maximum absolute atomic E-state index is 2.57. The van der Waals surface area contributed by atoms with Gasteiger partial charge < -0.3 is 9.47 Å². The summed E-state index contributed by atoms with van der Waals surface area (Å²) in [5.41, 5.74) is 17.6. The van der Waals surface area contributed by atoms with E-state index in [1.165, 1.54) is 73.1 Å². The molecule has 3 unspecified atom stereocenters. The lowest BCUT2D eigenvalue weighted by Gasteiger charge is -2.29. The van der Waals surface area contributed by atoms with Crippen molar-refractivity contribution >= 4 is 29.6 Å². The number of para-hydroxylation sites is 1. The molecule has 0 saturated carbocycles. The summed E-state index contributed by atoms with van der Waals surface area (Å²) in [5.74, 6) is 1.10. The van der Waals surface area contributed by atoms with Crippen molar-refractivity contribution in [1.29, 1.82) is 0 Å². The first-order valence-electron chi connectivity index (χ1n) is 16.7. The summed E-state index contributed by atoms with van der Waals surface area (Å²) in [5, 5.41) is 0. The van der Waals surface area contributed by atoms with Crippen LogP contribution in [0, 0.1) is 5.92 Å². The van der Waals surface area contributed by atoms with Crippen molar-refractivity contribution in [2.45, 2.75) is 31.1 Å². The maximum Gasteiger partial charge on any atom is 0.0515 e. The maximum atomic E-state index is 2.57. The molecule has 2 heterocycles. The van der Waals surface area contributed by atoms with E-state index >= 15 is 0 Å². The zero-order valence-corrected chi connectivity index (χ0v) is 25.7. The lowest BCUT2D eigenvalue weighted by molar-refractivity contribution is 0.676. The summed E-state index contributed by atoms with van der Waals surface area (Å²) in [7, 11) is 0. The molecule has 46 heavy (non-hydrogen) atoms. The van der Waals surface area contributed by atoms with Crippen LogP contribution in [0.4, 0.5) is 11.4 Å². The quantitative estimate of drug-likeness (QED) is 0.203. The fourth-order valence-corrected chi connectivity index (χ4v) is 8.60. The molecule has 0 N–H and O–H groups in total. The van der Waals surface area contributed by atoms with E-state index in [-0.39, 0.29) is 0 Å². The number of hydrogen-bond donors (Lipinski definition) is 0. The van der Waals surface area contributed by atoms with E-state index in [4.69, 9.17) is 0 Å². The summed E-state index contributed by atoms with van der Waals surface area (Å²) in [6, 6.07) is 36.0. The van der Waals surface area contributed by atoms with Gasteiger partial charge in [0.2, 0.25) is 0 Å². The topological polar surface area (TPSA) is 8.17 Å². The third kappa shape index (κ3) is 3.83. The van der Waals surface area contributed by atoms with Crippen LogP contribution in [-0.2, 0) is 12.8 Å². The lowest BCUT2D eigenvalue weighted by Crippen LogP contribution is -2.19. The number of aromatic nitrogens is 1. The molecule has 2 heteroatoms. The largest absolute Gasteiger partial charge is 0.313 e. The molecule has 10 rings (SSSR count). The minimum absolute atomic E-state index is 0.318. The van der Waals surface area contributed by atoms with Crippen molar-refractivity contribution in [3.05, 3.63) is 178 Å². The molecule has 3 atom stereocenters. The molecule has 4 aromatic carbocycles. The van der Waals surface area contributed by atoms with E-state index in [1.807, 2.05) is 0 Å². The third-order valence-electron chi connectivity index (χ3n) is 10.7. The Kier molecular flexibility index (Phi) is 5.69. The van der Waals surface area contributed by atoms with Crippen molar-refractivity contribution in [3.8, 4) is 16.8 Å². The first-order valence-corrected chi connectivity index (χ1v) is 16.7. The van der Waals surface area contributed by atoms with Gasteiger partial charge >= 0.3 is 0 Å². The van der Waals surface area contributed by atoms with Crippen molar-refractivity contribution in [1.82, 2.24) is 4.57 Å². The number of aryl methyl sites for hydroxylation is 1. The minimum atomic E-state index is 0.318. The highest BCUT2D eigenvalue weighted by Gasteiger charge is 2.41. The summed E-state index contributed by atoms with van der Waals surface area (Å²) < 4.78 is 2.57. The van der Waals surface area contributed by atoms with Crippen LogP contribution in [0.3, 0.4) is 0 Å². The van der Waals surface area contributed by atoms with E-state index in [9.17, 15) is 0 Å². The van der Waals surface area contributed by atoms with Gasteiger partial charge in [0.25, 0.3) is 0 Å². The molecule has 220 valence electrons. The number of fused-ring (bicyclic) bond motifs is 9. The second-order valence-electron chi connectivity index (χ2n) is 13.2. The van der Waals surface area contributed by atoms with E-state index in [0.717, 1.165) is 19.3 Å². The van der Waals surface area contributed by atoms with Crippen molar-refractivity contribution in [2.24, 2.45) is 5.92 Å². The average Bonchev–Trinajstić information content (AvgIpc) is 3.63. The zero-order valence-electron chi connectivity index (χ0n) is 25.7. The van der Waals surface area contributed by atoms with Gasteiger partial charge in [0, 0.05) is 40.5 Å². The number of allylic oxidation sites excluding steroid dienone is 7. The fraction of sp³-hybridized carbons (Fsp3) is 0.136. The standard InChI is InChI=1S/C44H34N2/c1-2-10-29(11-3-1)31-18-22-34(23-19-31)45-40-17-9-8-16-37(40)38-27-39-43(28-42(38)45)46(35-24-20-30-12-4-5-14-33(30)26-35)41-25-21-32-13-6-7-15-36(32)44(39)41/h1-4,6-13,15-26,28,32,36,38H,5,14,27H2. The van der Waals surface area contributed by atoms with Crippen molar-refractivity contribution in [2.75, 3.05) is 4.90 Å². The van der Waals surface area contributed by atoms with Crippen LogP contribution in [0.1, 0.15) is 57.5 Å². The van der Waals surface area contributed by atoms with Crippen LogP contribution in [0.15, 0.2) is 139 Å². The van der Waals surface area contributed by atoms with Gasteiger partial charge in [0.05, 0.1) is 11.4 Å². The normalized spacial score (nSPS) is 21.2. The Bertz CT molecular complexity index is 2180. The van der Waals surface area contributed by atoms with Crippen LogP contribution in [-0.4, -0.2) is 4.57 Å². The van der Waals surface area contributed by atoms with Crippen LogP contribution < -0.4 is 4.90 Å². The molecule has 2 nitrogen and oxygen atoms in total. The van der Waals surface area contributed by atoms with Gasteiger partial charge in [-0.1, -0.05) is 109 Å². The fourth-order valence-electron chi connectivity index (χ4n) is 8.60. The van der Waals surface area contributed by atoms with Crippen LogP contribution in [0.2, 0.25) is 0 Å². The number of anilines is 2. The molecule has 4 aliphatic carbocycles. The van der Waals surface area contributed by atoms with Crippen molar-refractivity contribution < 1.29 is 0 Å². The molecule has 5 aliphatic rings. The summed E-state index contributed by atoms with van der Waals surface area (Å²) in [6.45, 7) is 0.